The molecular formula is C75H102BrCl7N20O7S4. The number of fused-ring (bicyclic) bond motifs is 2. The van der Waals surface area contributed by atoms with Crippen LogP contribution < -0.4 is 53.2 Å². The highest BCUT2D eigenvalue weighted by Gasteiger charge is 2.36. The highest BCUT2D eigenvalue weighted by molar-refractivity contribution is 9.09. The summed E-state index contributed by atoms with van der Waals surface area (Å²) < 4.78 is 19.8. The van der Waals surface area contributed by atoms with Gasteiger partial charge in [-0.1, -0.05) is 189 Å². The van der Waals surface area contributed by atoms with E-state index in [4.69, 9.17) is 128 Å². The van der Waals surface area contributed by atoms with Crippen molar-refractivity contribution in [2.75, 3.05) is 110 Å². The Labute approximate surface area is 725 Å². The first-order valence-corrected chi connectivity index (χ1v) is 44.0. The monoisotopic (exact) mass is 1850 g/mol. The maximum atomic E-state index is 12.0. The summed E-state index contributed by atoms with van der Waals surface area (Å²) in [4.78, 5) is 64.3. The van der Waals surface area contributed by atoms with Crippen molar-refractivity contribution < 1.29 is 33.4 Å². The van der Waals surface area contributed by atoms with Gasteiger partial charge in [0.25, 0.3) is 0 Å². The van der Waals surface area contributed by atoms with Crippen LogP contribution in [0.1, 0.15) is 152 Å². The Balaban J connectivity index is 0.000000180. The molecule has 0 atom stereocenters. The summed E-state index contributed by atoms with van der Waals surface area (Å²) >= 11 is 50.5. The molecule has 0 spiro atoms. The van der Waals surface area contributed by atoms with Crippen molar-refractivity contribution in [2.24, 2.45) is 27.4 Å². The molecule has 3 aromatic carbocycles. The molecule has 4 fully saturated rings. The molecule has 624 valence electrons. The van der Waals surface area contributed by atoms with Crippen molar-refractivity contribution in [3.8, 4) is 22.5 Å². The molecule has 9 aromatic rings. The van der Waals surface area contributed by atoms with Crippen molar-refractivity contribution in [1.29, 1.82) is 0 Å². The average Bonchev–Trinajstić information content (AvgIpc) is 1.63. The Kier molecular flexibility index (Phi) is 33.6. The second-order valence-electron chi connectivity index (χ2n) is 32.4. The number of aromatic nitrogens is 10. The first kappa shape index (κ1) is 93.4. The van der Waals surface area contributed by atoms with Crippen molar-refractivity contribution in [3.05, 3.63) is 107 Å². The standard InChI is InChI=1S/C22H27Cl2N5O2S.C17H19Cl2N5S.C14H25N5O2S.C12H24N2O2.C8H5BrCl2O.C2H2ClN3S/c1-21(2,3)31-20(30)25-13-22(4)8-10-28(11-9-22)19-27-29-12-16(26-18(29)32-19)14-6-5-7-15(23)17(14)24;1-17(10-20)5-7-23(8-6-17)16-22-24-9-13(21-15(24)25-16)11-3-2-4-12(18)14(11)19;1-13(2,3)21-12(20)16-9-14(4)5-7-19(8-6-14)11-18-17-10(15)22-11;1-11(2,3)16-10(15)14-9-12(4)5-7-13-8-6-12;9-4-7(12)5-2-1-3-6(10)8(5)11;3-1-5-6-2(4)7-1/h5-7,12H,8-11,13H2,1-4H3,(H,25,30);2-4,9H,5-8,10,20H2,1H3;5-9H2,1-4H3,(H2,15,17)(H,16,20);13H,5-9H2,1-4H3,(H,14,15);1-3H,4H2;(H2,4,6). The zero-order chi connectivity index (χ0) is 83.7. The lowest BCUT2D eigenvalue weighted by atomic mass is 9.80. The number of alkyl halides is 1. The van der Waals surface area contributed by atoms with E-state index in [0.29, 0.717) is 70.1 Å². The van der Waals surface area contributed by atoms with E-state index in [2.05, 4.69) is 105 Å². The minimum Gasteiger partial charge on any atom is -0.444 e. The Hall–Kier alpha value is -6.11. The lowest BCUT2D eigenvalue weighted by molar-refractivity contribution is 0.0483. The van der Waals surface area contributed by atoms with E-state index in [9.17, 15) is 19.2 Å². The number of carbonyl (C=O) groups is 4. The molecule has 0 saturated carbocycles. The van der Waals surface area contributed by atoms with Crippen LogP contribution in [0.2, 0.25) is 34.6 Å². The minimum absolute atomic E-state index is 0.0291. The van der Waals surface area contributed by atoms with E-state index in [1.165, 1.54) is 11.3 Å². The lowest BCUT2D eigenvalue weighted by Gasteiger charge is -2.39. The average molecular weight is 1850 g/mol. The van der Waals surface area contributed by atoms with Gasteiger partial charge in [0.05, 0.1) is 59.2 Å². The van der Waals surface area contributed by atoms with Gasteiger partial charge < -0.3 is 67.4 Å². The Bertz CT molecular complexity index is 4580. The summed E-state index contributed by atoms with van der Waals surface area (Å²) in [6.07, 6.45) is 11.0. The molecule has 4 saturated heterocycles. The summed E-state index contributed by atoms with van der Waals surface area (Å²) in [6.45, 7) is 35.9. The van der Waals surface area contributed by atoms with E-state index in [1.54, 1.807) is 57.5 Å². The number of Topliss-reactive ketones (excluding diaryl/α,β-unsaturated/α-hetero) is 1. The molecule has 114 heavy (non-hydrogen) atoms. The van der Waals surface area contributed by atoms with Gasteiger partial charge in [-0.05, 0) is 191 Å². The molecule has 4 aliphatic rings. The van der Waals surface area contributed by atoms with Crippen LogP contribution in [-0.2, 0) is 14.2 Å². The fraction of sp³-hybridized carbons (Fsp3) is 0.547. The van der Waals surface area contributed by atoms with Crippen LogP contribution in [0, 0.1) is 21.7 Å². The van der Waals surface area contributed by atoms with Gasteiger partial charge >= 0.3 is 18.3 Å². The number of imidazole rings is 2. The fourth-order valence-corrected chi connectivity index (χ4v) is 16.6. The third-order valence-corrected chi connectivity index (χ3v) is 25.5. The number of alkyl carbamates (subject to hydrolysis) is 3. The van der Waals surface area contributed by atoms with Gasteiger partial charge in [-0.2, -0.15) is 0 Å². The maximum absolute atomic E-state index is 12.0. The highest BCUT2D eigenvalue weighted by atomic mass is 79.9. The van der Waals surface area contributed by atoms with Crippen LogP contribution in [0.4, 0.5) is 40.0 Å². The SMILES string of the molecule is CC1(CN)CCN(c2nn3cc(-c4cccc(Cl)c4Cl)nc3s2)CC1.CC1(CNC(=O)OC(C)(C)C)CCN(c2nn3cc(-c4cccc(Cl)c4Cl)nc3s2)CC1.CC1(CNC(=O)OC(C)(C)C)CCN(c2nnc(N)s2)CC1.CC1(CNC(=O)OC(C)(C)C)CCNCC1.Nc1nnc(Cl)s1.O=C(CBr)c1cccc(Cl)c1Cl. The number of piperidine rings is 4. The van der Waals surface area contributed by atoms with Gasteiger partial charge in [0.15, 0.2) is 5.78 Å². The Morgan fingerprint density at radius 1 is 0.491 bits per heavy atom. The Morgan fingerprint density at radius 3 is 1.18 bits per heavy atom. The van der Waals surface area contributed by atoms with Gasteiger partial charge in [0.1, 0.15) is 16.8 Å². The predicted molar refractivity (Wildman–Crippen MR) is 472 cm³/mol. The van der Waals surface area contributed by atoms with Crippen molar-refractivity contribution in [2.45, 2.75) is 158 Å². The number of amides is 3. The minimum atomic E-state index is -0.491. The Morgan fingerprint density at radius 2 is 0.851 bits per heavy atom. The van der Waals surface area contributed by atoms with E-state index in [-0.39, 0.29) is 51.1 Å². The number of nitrogen functional groups attached to an aromatic ring is 2. The number of carbonyl (C=O) groups excluding carboxylic acids is 4. The summed E-state index contributed by atoms with van der Waals surface area (Å²) in [7, 11) is 0. The van der Waals surface area contributed by atoms with Crippen LogP contribution in [0.3, 0.4) is 0 Å². The van der Waals surface area contributed by atoms with Crippen LogP contribution in [-0.4, -0.2) is 174 Å². The maximum Gasteiger partial charge on any atom is 0.407 e. The zero-order valence-electron chi connectivity index (χ0n) is 66.3. The molecule has 0 bridgehead atoms. The molecule has 0 radical (unpaired) electrons. The van der Waals surface area contributed by atoms with Crippen molar-refractivity contribution in [3.63, 3.8) is 0 Å². The summed E-state index contributed by atoms with van der Waals surface area (Å²) in [5.74, 6) is -0.0671. The van der Waals surface area contributed by atoms with E-state index in [1.807, 2.05) is 103 Å². The summed E-state index contributed by atoms with van der Waals surface area (Å²) in [5, 5.41) is 43.0. The number of ketones is 1. The largest absolute Gasteiger partial charge is 0.444 e. The molecule has 6 aromatic heterocycles. The molecule has 0 aliphatic carbocycles. The molecule has 10 N–H and O–H groups in total. The lowest BCUT2D eigenvalue weighted by Crippen LogP contribution is -2.45. The molecule has 39 heteroatoms. The van der Waals surface area contributed by atoms with E-state index >= 15 is 0 Å². The van der Waals surface area contributed by atoms with Crippen LogP contribution in [0.15, 0.2) is 67.0 Å². The van der Waals surface area contributed by atoms with Crippen LogP contribution in [0.5, 0.6) is 0 Å². The van der Waals surface area contributed by atoms with Crippen molar-refractivity contribution in [1.82, 2.24) is 70.9 Å². The van der Waals surface area contributed by atoms with Gasteiger partial charge in [-0.15, -0.1) is 30.6 Å². The van der Waals surface area contributed by atoms with Crippen molar-refractivity contribution >= 4 is 202 Å². The predicted octanol–water partition coefficient (Wildman–Crippen LogP) is 18.7. The van der Waals surface area contributed by atoms with Gasteiger partial charge in [0.2, 0.25) is 40.0 Å². The molecule has 10 heterocycles. The molecule has 0 unspecified atom stereocenters. The molecule has 13 rings (SSSR count). The summed E-state index contributed by atoms with van der Waals surface area (Å²) in [6, 6.07) is 16.1. The first-order chi connectivity index (χ1) is 53.4. The van der Waals surface area contributed by atoms with Gasteiger partial charge in [-0.3, -0.25) is 4.79 Å². The van der Waals surface area contributed by atoms with Gasteiger partial charge in [-0.25, -0.2) is 33.4 Å². The number of nitrogens with zero attached hydrogens (tertiary/aromatic N) is 13. The molecule has 27 nitrogen and oxygen atoms in total. The fourth-order valence-electron chi connectivity index (χ4n) is 11.9. The molecular weight excluding hydrogens is 1750 g/mol. The number of ether oxygens (including phenoxy) is 3. The van der Waals surface area contributed by atoms with Crippen LogP contribution in [0.25, 0.3) is 32.4 Å². The number of hydrogen-bond donors (Lipinski definition) is 7. The summed E-state index contributed by atoms with van der Waals surface area (Å²) in [5.41, 5.74) is 19.5. The molecule has 4 aliphatic heterocycles. The van der Waals surface area contributed by atoms with Crippen LogP contribution >= 0.6 is 142 Å². The van der Waals surface area contributed by atoms with E-state index < -0.39 is 16.8 Å². The second kappa shape index (κ2) is 41.0. The highest BCUT2D eigenvalue weighted by Crippen LogP contribution is 2.41. The second-order valence-corrected chi connectivity index (χ2v) is 39.7. The molecule has 3 amide bonds. The smallest absolute Gasteiger partial charge is 0.407 e. The van der Waals surface area contributed by atoms with Gasteiger partial charge in [0, 0.05) is 75.6 Å². The number of hydrogen-bond acceptors (Lipinski definition) is 26. The number of halogens is 8. The number of nitrogens with one attached hydrogen (secondary N) is 4. The normalized spacial score (nSPS) is 16.4. The number of nitrogens with two attached hydrogens (primary N) is 3. The van der Waals surface area contributed by atoms with E-state index in [0.717, 1.165) is 169 Å². The number of anilines is 5. The zero-order valence-corrected chi connectivity index (χ0v) is 76.4. The first-order valence-electron chi connectivity index (χ1n) is 37.0. The quantitative estimate of drug-likeness (QED) is 0.0302. The third-order valence-electron chi connectivity index (χ3n) is 18.9. The number of benzene rings is 3. The third kappa shape index (κ3) is 28.6. The topological polar surface area (TPSA) is 344 Å². The number of rotatable bonds is 14.